The summed E-state index contributed by atoms with van der Waals surface area (Å²) in [6.07, 6.45) is 9.94. The van der Waals surface area contributed by atoms with Gasteiger partial charge in [-0.15, -0.1) is 6.58 Å². The number of hydrogen-bond donors (Lipinski definition) is 1. The molecule has 0 heterocycles. The maximum absolute atomic E-state index is 12.1. The number of alkyl carbamates (subject to hydrolysis) is 1. The Bertz CT molecular complexity index is 738. The molecule has 0 aromatic heterocycles. The van der Waals surface area contributed by atoms with E-state index in [0.717, 1.165) is 19.3 Å². The first-order chi connectivity index (χ1) is 13.8. The van der Waals surface area contributed by atoms with Crippen molar-refractivity contribution in [3.8, 4) is 11.1 Å². The molecule has 28 heavy (non-hydrogen) atoms. The Morgan fingerprint density at radius 1 is 0.893 bits per heavy atom. The van der Waals surface area contributed by atoms with Crippen LogP contribution in [0.4, 0.5) is 4.79 Å². The number of amides is 1. The van der Waals surface area contributed by atoms with Crippen molar-refractivity contribution in [2.75, 3.05) is 13.2 Å². The van der Waals surface area contributed by atoms with Gasteiger partial charge in [0.1, 0.15) is 6.61 Å². The van der Waals surface area contributed by atoms with Crippen LogP contribution in [0, 0.1) is 0 Å². The van der Waals surface area contributed by atoms with Crippen molar-refractivity contribution in [2.24, 2.45) is 0 Å². The molecule has 3 rings (SSSR count). The van der Waals surface area contributed by atoms with E-state index in [0.29, 0.717) is 13.2 Å². The lowest BCUT2D eigenvalue weighted by atomic mass is 9.98. The summed E-state index contributed by atoms with van der Waals surface area (Å²) >= 11 is 0. The molecule has 0 spiro atoms. The normalized spacial score (nSPS) is 12.3. The van der Waals surface area contributed by atoms with Gasteiger partial charge in [-0.2, -0.15) is 0 Å². The molecule has 1 aliphatic carbocycles. The van der Waals surface area contributed by atoms with Crippen LogP contribution in [-0.2, 0) is 4.74 Å². The molecule has 0 saturated carbocycles. The van der Waals surface area contributed by atoms with Gasteiger partial charge in [0.15, 0.2) is 0 Å². The van der Waals surface area contributed by atoms with Crippen LogP contribution in [-0.4, -0.2) is 19.2 Å². The number of nitrogens with one attached hydrogen (secondary N) is 1. The molecule has 0 atom stereocenters. The van der Waals surface area contributed by atoms with Crippen LogP contribution in [0.25, 0.3) is 11.1 Å². The molecular formula is C25H31NO2. The van der Waals surface area contributed by atoms with Crippen molar-refractivity contribution in [3.05, 3.63) is 72.3 Å². The number of allylic oxidation sites excluding steroid dienone is 1. The SMILES string of the molecule is C=CCCCCCCCCNC(=O)OCC1c2ccccc2-c2ccccc21. The molecule has 1 N–H and O–H groups in total. The predicted octanol–water partition coefficient (Wildman–Crippen LogP) is 6.44. The van der Waals surface area contributed by atoms with Gasteiger partial charge >= 0.3 is 6.09 Å². The Kier molecular flexibility index (Phi) is 7.71. The van der Waals surface area contributed by atoms with Gasteiger partial charge in [0.25, 0.3) is 0 Å². The standard InChI is InChI=1S/C25H31NO2/c1-2-3-4-5-6-7-8-13-18-26-25(27)28-19-24-22-16-11-9-14-20(22)21-15-10-12-17-23(21)24/h2,9-12,14-17,24H,1,3-8,13,18-19H2,(H,26,27). The Hall–Kier alpha value is -2.55. The second-order valence-electron chi connectivity index (χ2n) is 7.45. The summed E-state index contributed by atoms with van der Waals surface area (Å²) in [5.74, 6) is 0.119. The summed E-state index contributed by atoms with van der Waals surface area (Å²) < 4.78 is 5.55. The molecular weight excluding hydrogens is 346 g/mol. The molecule has 148 valence electrons. The summed E-state index contributed by atoms with van der Waals surface area (Å²) in [6, 6.07) is 16.8. The minimum atomic E-state index is -0.312. The summed E-state index contributed by atoms with van der Waals surface area (Å²) in [5.41, 5.74) is 4.99. The zero-order valence-corrected chi connectivity index (χ0v) is 16.7. The monoisotopic (exact) mass is 377 g/mol. The van der Waals surface area contributed by atoms with E-state index in [4.69, 9.17) is 4.74 Å². The smallest absolute Gasteiger partial charge is 0.407 e. The van der Waals surface area contributed by atoms with Crippen molar-refractivity contribution in [1.29, 1.82) is 0 Å². The summed E-state index contributed by atoms with van der Waals surface area (Å²) in [4.78, 5) is 12.1. The van der Waals surface area contributed by atoms with Gasteiger partial charge in [-0.05, 0) is 41.5 Å². The highest BCUT2D eigenvalue weighted by atomic mass is 16.5. The summed E-state index contributed by atoms with van der Waals surface area (Å²) in [6.45, 7) is 4.81. The Labute approximate surface area is 168 Å². The van der Waals surface area contributed by atoms with Crippen LogP contribution in [0.15, 0.2) is 61.2 Å². The molecule has 0 bridgehead atoms. The van der Waals surface area contributed by atoms with E-state index in [1.807, 2.05) is 6.08 Å². The third-order valence-electron chi connectivity index (χ3n) is 5.45. The Morgan fingerprint density at radius 2 is 1.46 bits per heavy atom. The summed E-state index contributed by atoms with van der Waals surface area (Å²) in [7, 11) is 0. The molecule has 0 aliphatic heterocycles. The molecule has 2 aromatic rings. The maximum Gasteiger partial charge on any atom is 0.407 e. The van der Waals surface area contributed by atoms with E-state index in [1.165, 1.54) is 47.9 Å². The molecule has 1 aliphatic rings. The third-order valence-corrected chi connectivity index (χ3v) is 5.45. The topological polar surface area (TPSA) is 38.3 Å². The first kappa shape index (κ1) is 20.2. The molecule has 3 heteroatoms. The molecule has 2 aromatic carbocycles. The number of carbonyl (C=O) groups excluding carboxylic acids is 1. The lowest BCUT2D eigenvalue weighted by Gasteiger charge is -2.14. The predicted molar refractivity (Wildman–Crippen MR) is 116 cm³/mol. The average Bonchev–Trinajstić information content (AvgIpc) is 3.05. The Morgan fingerprint density at radius 3 is 2.11 bits per heavy atom. The van der Waals surface area contributed by atoms with Crippen LogP contribution in [0.2, 0.25) is 0 Å². The van der Waals surface area contributed by atoms with Gasteiger partial charge in [-0.25, -0.2) is 4.79 Å². The van der Waals surface area contributed by atoms with E-state index in [2.05, 4.69) is 60.4 Å². The zero-order valence-electron chi connectivity index (χ0n) is 16.7. The highest BCUT2D eigenvalue weighted by molar-refractivity contribution is 5.79. The van der Waals surface area contributed by atoms with Crippen molar-refractivity contribution in [2.45, 2.75) is 50.9 Å². The Balaban J connectivity index is 1.38. The second-order valence-corrected chi connectivity index (χ2v) is 7.45. The van der Waals surface area contributed by atoms with E-state index >= 15 is 0 Å². The third kappa shape index (κ3) is 5.25. The van der Waals surface area contributed by atoms with E-state index in [-0.39, 0.29) is 12.0 Å². The first-order valence-corrected chi connectivity index (χ1v) is 10.5. The fourth-order valence-electron chi connectivity index (χ4n) is 3.96. The van der Waals surface area contributed by atoms with Gasteiger partial charge in [-0.3, -0.25) is 0 Å². The molecule has 1 amide bonds. The minimum absolute atomic E-state index is 0.119. The largest absolute Gasteiger partial charge is 0.449 e. The lowest BCUT2D eigenvalue weighted by molar-refractivity contribution is 0.143. The van der Waals surface area contributed by atoms with Crippen molar-refractivity contribution in [1.82, 2.24) is 5.32 Å². The van der Waals surface area contributed by atoms with Crippen molar-refractivity contribution >= 4 is 6.09 Å². The van der Waals surface area contributed by atoms with Gasteiger partial charge < -0.3 is 10.1 Å². The average molecular weight is 378 g/mol. The number of rotatable bonds is 11. The van der Waals surface area contributed by atoms with Gasteiger partial charge in [0.2, 0.25) is 0 Å². The van der Waals surface area contributed by atoms with E-state index in [1.54, 1.807) is 0 Å². The van der Waals surface area contributed by atoms with Crippen molar-refractivity contribution < 1.29 is 9.53 Å². The lowest BCUT2D eigenvalue weighted by Crippen LogP contribution is -2.27. The molecule has 0 radical (unpaired) electrons. The van der Waals surface area contributed by atoms with Crippen LogP contribution in [0.5, 0.6) is 0 Å². The number of fused-ring (bicyclic) bond motifs is 3. The highest BCUT2D eigenvalue weighted by Gasteiger charge is 2.28. The van der Waals surface area contributed by atoms with Crippen molar-refractivity contribution in [3.63, 3.8) is 0 Å². The van der Waals surface area contributed by atoms with Crippen LogP contribution >= 0.6 is 0 Å². The fraction of sp³-hybridized carbons (Fsp3) is 0.400. The number of carbonyl (C=O) groups is 1. The molecule has 0 fully saturated rings. The summed E-state index contributed by atoms with van der Waals surface area (Å²) in [5, 5.41) is 2.89. The molecule has 0 unspecified atom stereocenters. The molecule has 0 saturated heterocycles. The number of benzene rings is 2. The van der Waals surface area contributed by atoms with Gasteiger partial charge in [0.05, 0.1) is 0 Å². The number of ether oxygens (including phenoxy) is 1. The van der Waals surface area contributed by atoms with Crippen LogP contribution in [0.3, 0.4) is 0 Å². The number of unbranched alkanes of at least 4 members (excludes halogenated alkanes) is 6. The van der Waals surface area contributed by atoms with E-state index in [9.17, 15) is 4.79 Å². The van der Waals surface area contributed by atoms with Crippen LogP contribution < -0.4 is 5.32 Å². The molecule has 3 nitrogen and oxygen atoms in total. The zero-order chi connectivity index (χ0) is 19.6. The minimum Gasteiger partial charge on any atom is -0.449 e. The first-order valence-electron chi connectivity index (χ1n) is 10.5. The quantitative estimate of drug-likeness (QED) is 0.361. The van der Waals surface area contributed by atoms with Gasteiger partial charge in [0, 0.05) is 12.5 Å². The maximum atomic E-state index is 12.1. The van der Waals surface area contributed by atoms with E-state index < -0.39 is 0 Å². The fourth-order valence-corrected chi connectivity index (χ4v) is 3.96. The van der Waals surface area contributed by atoms with Gasteiger partial charge in [-0.1, -0.05) is 80.3 Å². The van der Waals surface area contributed by atoms with Crippen LogP contribution in [0.1, 0.15) is 62.0 Å². The number of hydrogen-bond acceptors (Lipinski definition) is 2. The second kappa shape index (κ2) is 10.7. The highest BCUT2D eigenvalue weighted by Crippen LogP contribution is 2.44.